The van der Waals surface area contributed by atoms with Gasteiger partial charge in [-0.3, -0.25) is 4.98 Å². The first-order valence-electron chi connectivity index (χ1n) is 3.61. The zero-order valence-corrected chi connectivity index (χ0v) is 10.1. The maximum absolute atomic E-state index is 5.78. The van der Waals surface area contributed by atoms with E-state index in [9.17, 15) is 0 Å². The first-order chi connectivity index (χ1) is 6.77. The summed E-state index contributed by atoms with van der Waals surface area (Å²) in [5, 5.41) is 0. The van der Waals surface area contributed by atoms with Gasteiger partial charge in [-0.2, -0.15) is 4.37 Å². The van der Waals surface area contributed by atoms with E-state index in [2.05, 4.69) is 30.3 Å². The molecule has 0 aliphatic heterocycles. The smallest absolute Gasteiger partial charge is 0.174 e. The van der Waals surface area contributed by atoms with Gasteiger partial charge in [-0.15, -0.1) is 0 Å². The molecule has 2 heterocycles. The van der Waals surface area contributed by atoms with Gasteiger partial charge in [0.25, 0.3) is 0 Å². The lowest BCUT2D eigenvalue weighted by Gasteiger charge is -2.03. The molecule has 2 aromatic heterocycles. The lowest BCUT2D eigenvalue weighted by molar-refractivity contribution is 1.20. The van der Waals surface area contributed by atoms with Gasteiger partial charge in [0.2, 0.25) is 0 Å². The lowest BCUT2D eigenvalue weighted by atomic mass is 10.4. The number of nitrogens with two attached hydrogens (primary N) is 1. The van der Waals surface area contributed by atoms with E-state index in [1.165, 1.54) is 29.6 Å². The molecular formula is C7H5BrN4S2. The number of hydrogen-bond acceptors (Lipinski definition) is 6. The second kappa shape index (κ2) is 4.24. The third-order valence-electron chi connectivity index (χ3n) is 1.41. The fourth-order valence-corrected chi connectivity index (χ4v) is 2.83. The molecule has 0 amide bonds. The highest BCUT2D eigenvalue weighted by molar-refractivity contribution is 9.10. The van der Waals surface area contributed by atoms with Crippen LogP contribution in [-0.2, 0) is 0 Å². The summed E-state index contributed by atoms with van der Waals surface area (Å²) in [6.07, 6.45) is 4.85. The van der Waals surface area contributed by atoms with E-state index in [4.69, 9.17) is 5.73 Å². The Labute approximate surface area is 97.3 Å². The molecule has 72 valence electrons. The molecule has 2 rings (SSSR count). The summed E-state index contributed by atoms with van der Waals surface area (Å²) in [5.41, 5.74) is 6.42. The number of rotatable bonds is 2. The highest BCUT2D eigenvalue weighted by Crippen LogP contribution is 2.36. The summed E-state index contributed by atoms with van der Waals surface area (Å²) in [7, 11) is 0. The first kappa shape index (κ1) is 9.88. The Hall–Kier alpha value is -0.660. The first-order valence-corrected chi connectivity index (χ1v) is 5.99. The van der Waals surface area contributed by atoms with Gasteiger partial charge in [0.15, 0.2) is 4.34 Å². The summed E-state index contributed by atoms with van der Waals surface area (Å²) >= 11 is 6.21. The van der Waals surface area contributed by atoms with Crippen LogP contribution < -0.4 is 5.73 Å². The van der Waals surface area contributed by atoms with Crippen LogP contribution >= 0.6 is 39.2 Å². The molecule has 2 aromatic rings. The molecule has 0 radical (unpaired) electrons. The SMILES string of the molecule is Nc1cncc(Br)c1Sc1ncns1. The summed E-state index contributed by atoms with van der Waals surface area (Å²) in [4.78, 5) is 8.95. The molecule has 4 nitrogen and oxygen atoms in total. The molecule has 0 spiro atoms. The Morgan fingerprint density at radius 3 is 2.93 bits per heavy atom. The summed E-state index contributed by atoms with van der Waals surface area (Å²) in [6.45, 7) is 0. The minimum Gasteiger partial charge on any atom is -0.397 e. The van der Waals surface area contributed by atoms with Crippen LogP contribution in [0.1, 0.15) is 0 Å². The van der Waals surface area contributed by atoms with Crippen molar-refractivity contribution >= 4 is 44.9 Å². The molecule has 0 atom stereocenters. The van der Waals surface area contributed by atoms with Gasteiger partial charge in [-0.05, 0) is 27.5 Å². The van der Waals surface area contributed by atoms with E-state index in [1.54, 1.807) is 12.4 Å². The Morgan fingerprint density at radius 2 is 2.29 bits per heavy atom. The van der Waals surface area contributed by atoms with Crippen LogP contribution in [0.15, 0.2) is 32.4 Å². The average Bonchev–Trinajstić information content (AvgIpc) is 2.64. The highest BCUT2D eigenvalue weighted by atomic mass is 79.9. The number of nitrogen functional groups attached to an aromatic ring is 1. The van der Waals surface area contributed by atoms with Gasteiger partial charge in [-0.1, -0.05) is 11.8 Å². The van der Waals surface area contributed by atoms with Crippen molar-refractivity contribution in [3.05, 3.63) is 23.2 Å². The minimum atomic E-state index is 0.638. The third kappa shape index (κ3) is 2.05. The zero-order valence-electron chi connectivity index (χ0n) is 6.85. The molecule has 0 bridgehead atoms. The molecule has 0 aromatic carbocycles. The van der Waals surface area contributed by atoms with E-state index >= 15 is 0 Å². The largest absolute Gasteiger partial charge is 0.397 e. The number of halogens is 1. The maximum atomic E-state index is 5.78. The van der Waals surface area contributed by atoms with E-state index in [0.717, 1.165) is 13.7 Å². The third-order valence-corrected chi connectivity index (χ3v) is 4.15. The van der Waals surface area contributed by atoms with Crippen LogP contribution in [-0.4, -0.2) is 14.3 Å². The van der Waals surface area contributed by atoms with Crippen molar-refractivity contribution in [2.45, 2.75) is 9.24 Å². The van der Waals surface area contributed by atoms with Crippen LogP contribution in [0, 0.1) is 0 Å². The predicted molar refractivity (Wildman–Crippen MR) is 60.4 cm³/mol. The average molecular weight is 289 g/mol. The van der Waals surface area contributed by atoms with Crippen molar-refractivity contribution in [3.8, 4) is 0 Å². The molecule has 0 fully saturated rings. The molecule has 0 unspecified atom stereocenters. The summed E-state index contributed by atoms with van der Waals surface area (Å²) in [6, 6.07) is 0. The molecule has 0 saturated carbocycles. The fraction of sp³-hybridized carbons (Fsp3) is 0. The van der Waals surface area contributed by atoms with Gasteiger partial charge in [0.1, 0.15) is 6.33 Å². The minimum absolute atomic E-state index is 0.638. The Bertz CT molecular complexity index is 411. The summed E-state index contributed by atoms with van der Waals surface area (Å²) < 4.78 is 5.65. The number of nitrogens with zero attached hydrogens (tertiary/aromatic N) is 3. The fourth-order valence-electron chi connectivity index (χ4n) is 0.841. The predicted octanol–water partition coefficient (Wildman–Crippen LogP) is 2.43. The number of hydrogen-bond donors (Lipinski definition) is 1. The van der Waals surface area contributed by atoms with Gasteiger partial charge in [-0.25, -0.2) is 4.98 Å². The number of aromatic nitrogens is 3. The normalized spacial score (nSPS) is 10.4. The van der Waals surface area contributed by atoms with Crippen molar-refractivity contribution in [2.24, 2.45) is 0 Å². The van der Waals surface area contributed by atoms with Gasteiger partial charge >= 0.3 is 0 Å². The topological polar surface area (TPSA) is 64.7 Å². The van der Waals surface area contributed by atoms with Crippen molar-refractivity contribution in [1.82, 2.24) is 14.3 Å². The Kier molecular flexibility index (Phi) is 2.99. The standard InChI is InChI=1S/C7H5BrN4S2/c8-4-1-10-2-5(9)6(4)13-7-11-3-12-14-7/h1-3H,9H2. The van der Waals surface area contributed by atoms with E-state index in [0.29, 0.717) is 5.69 Å². The quantitative estimate of drug-likeness (QED) is 0.919. The second-order valence-corrected chi connectivity index (χ2v) is 5.24. The molecule has 0 aliphatic carbocycles. The van der Waals surface area contributed by atoms with Crippen molar-refractivity contribution < 1.29 is 0 Å². The number of anilines is 1. The molecule has 7 heteroatoms. The molecule has 0 aliphatic rings. The lowest BCUT2D eigenvalue weighted by Crippen LogP contribution is -1.90. The molecule has 2 N–H and O–H groups in total. The summed E-state index contributed by atoms with van der Waals surface area (Å²) in [5.74, 6) is 0. The van der Waals surface area contributed by atoms with Crippen LogP contribution in [0.3, 0.4) is 0 Å². The second-order valence-electron chi connectivity index (χ2n) is 2.35. The van der Waals surface area contributed by atoms with Gasteiger partial charge < -0.3 is 5.73 Å². The highest BCUT2D eigenvalue weighted by Gasteiger charge is 2.08. The van der Waals surface area contributed by atoms with E-state index in [1.807, 2.05) is 0 Å². The van der Waals surface area contributed by atoms with E-state index in [-0.39, 0.29) is 0 Å². The number of pyridine rings is 1. The molecular weight excluding hydrogens is 284 g/mol. The van der Waals surface area contributed by atoms with E-state index < -0.39 is 0 Å². The van der Waals surface area contributed by atoms with Crippen LogP contribution in [0.2, 0.25) is 0 Å². The van der Waals surface area contributed by atoms with Gasteiger partial charge in [0, 0.05) is 6.20 Å². The Morgan fingerprint density at radius 1 is 1.43 bits per heavy atom. The molecule has 14 heavy (non-hydrogen) atoms. The van der Waals surface area contributed by atoms with Crippen molar-refractivity contribution in [3.63, 3.8) is 0 Å². The van der Waals surface area contributed by atoms with Crippen molar-refractivity contribution in [1.29, 1.82) is 0 Å². The van der Waals surface area contributed by atoms with Crippen LogP contribution in [0.5, 0.6) is 0 Å². The monoisotopic (exact) mass is 288 g/mol. The Balaban J connectivity index is 2.33. The van der Waals surface area contributed by atoms with Crippen molar-refractivity contribution in [2.75, 3.05) is 5.73 Å². The van der Waals surface area contributed by atoms with Crippen LogP contribution in [0.25, 0.3) is 0 Å². The maximum Gasteiger partial charge on any atom is 0.174 e. The van der Waals surface area contributed by atoms with Crippen LogP contribution in [0.4, 0.5) is 5.69 Å². The van der Waals surface area contributed by atoms with Gasteiger partial charge in [0.05, 0.1) is 21.3 Å². The zero-order chi connectivity index (χ0) is 9.97. The molecule has 0 saturated heterocycles.